The molecule has 2 aromatic rings. The van der Waals surface area contributed by atoms with Crippen LogP contribution in [-0.2, 0) is 9.53 Å². The number of carbonyl (C=O) groups excluding carboxylic acids is 2. The Bertz CT molecular complexity index is 721. The minimum Gasteiger partial charge on any atom is -0.467 e. The van der Waals surface area contributed by atoms with Gasteiger partial charge in [-0.3, -0.25) is 4.79 Å². The van der Waals surface area contributed by atoms with Crippen molar-refractivity contribution in [2.24, 2.45) is 5.92 Å². The van der Waals surface area contributed by atoms with Gasteiger partial charge in [-0.15, -0.1) is 0 Å². The summed E-state index contributed by atoms with van der Waals surface area (Å²) in [6.45, 7) is 7.71. The molecule has 0 aliphatic heterocycles. The van der Waals surface area contributed by atoms with E-state index < -0.39 is 12.0 Å². The second-order valence-corrected chi connectivity index (χ2v) is 6.04. The van der Waals surface area contributed by atoms with Crippen molar-refractivity contribution in [1.82, 2.24) is 20.1 Å². The second-order valence-electron chi connectivity index (χ2n) is 6.04. The molecule has 0 spiro atoms. The van der Waals surface area contributed by atoms with Crippen molar-refractivity contribution in [3.05, 3.63) is 24.0 Å². The van der Waals surface area contributed by atoms with Crippen molar-refractivity contribution >= 4 is 22.9 Å². The largest absolute Gasteiger partial charge is 0.467 e. The van der Waals surface area contributed by atoms with Gasteiger partial charge in [0.1, 0.15) is 6.04 Å². The van der Waals surface area contributed by atoms with Gasteiger partial charge >= 0.3 is 5.97 Å². The number of nitrogens with zero attached hydrogens (tertiary/aromatic N) is 3. The number of carbonyl (C=O) groups is 2. The van der Waals surface area contributed by atoms with Crippen LogP contribution in [-0.4, -0.2) is 39.8 Å². The Balaban J connectivity index is 2.25. The van der Waals surface area contributed by atoms with Crippen molar-refractivity contribution in [3.63, 3.8) is 0 Å². The first kappa shape index (κ1) is 16.9. The van der Waals surface area contributed by atoms with Crippen LogP contribution in [0.3, 0.4) is 0 Å². The van der Waals surface area contributed by atoms with Gasteiger partial charge in [0, 0.05) is 17.6 Å². The number of methoxy groups -OCH3 is 1. The molecule has 0 saturated heterocycles. The number of hydrogen-bond donors (Lipinski definition) is 1. The average Bonchev–Trinajstić information content (AvgIpc) is 2.94. The number of ether oxygens (including phenoxy) is 1. The molecule has 1 atom stereocenters. The molecule has 0 unspecified atom stereocenters. The summed E-state index contributed by atoms with van der Waals surface area (Å²) in [5.41, 5.74) is 1.11. The van der Waals surface area contributed by atoms with Crippen molar-refractivity contribution < 1.29 is 14.3 Å². The molecule has 7 heteroatoms. The summed E-state index contributed by atoms with van der Waals surface area (Å²) >= 11 is 0. The summed E-state index contributed by atoms with van der Waals surface area (Å²) in [7, 11) is 1.30. The van der Waals surface area contributed by atoms with Crippen molar-refractivity contribution in [2.45, 2.75) is 39.8 Å². The van der Waals surface area contributed by atoms with E-state index in [-0.39, 0.29) is 17.9 Å². The average molecular weight is 318 g/mol. The third-order valence-corrected chi connectivity index (χ3v) is 3.59. The van der Waals surface area contributed by atoms with E-state index in [1.54, 1.807) is 16.9 Å². The van der Waals surface area contributed by atoms with E-state index >= 15 is 0 Å². The highest BCUT2D eigenvalue weighted by Gasteiger charge is 2.25. The fourth-order valence-electron chi connectivity index (χ4n) is 2.29. The maximum atomic E-state index is 12.4. The van der Waals surface area contributed by atoms with Crippen LogP contribution < -0.4 is 5.32 Å². The molecule has 23 heavy (non-hydrogen) atoms. The van der Waals surface area contributed by atoms with E-state index in [9.17, 15) is 9.59 Å². The van der Waals surface area contributed by atoms with Gasteiger partial charge in [0.15, 0.2) is 5.65 Å². The normalized spacial score (nSPS) is 12.7. The number of aromatic nitrogens is 3. The molecule has 0 saturated carbocycles. The summed E-state index contributed by atoms with van der Waals surface area (Å²) < 4.78 is 6.52. The quantitative estimate of drug-likeness (QED) is 0.851. The molecule has 2 rings (SSSR count). The highest BCUT2D eigenvalue weighted by atomic mass is 16.5. The third kappa shape index (κ3) is 3.49. The lowest BCUT2D eigenvalue weighted by molar-refractivity contribution is -0.144. The van der Waals surface area contributed by atoms with Crippen LogP contribution in [0.15, 0.2) is 18.5 Å². The Labute approximate surface area is 135 Å². The summed E-state index contributed by atoms with van der Waals surface area (Å²) in [6, 6.07) is 1.21. The van der Waals surface area contributed by atoms with Crippen LogP contribution in [0.4, 0.5) is 0 Å². The van der Waals surface area contributed by atoms with E-state index in [1.165, 1.54) is 13.3 Å². The Morgan fingerprint density at radius 2 is 1.91 bits per heavy atom. The maximum absolute atomic E-state index is 12.4. The molecule has 1 N–H and O–H groups in total. The zero-order valence-corrected chi connectivity index (χ0v) is 14.0. The molecule has 0 bridgehead atoms. The molecular weight excluding hydrogens is 296 g/mol. The first-order valence-electron chi connectivity index (χ1n) is 7.57. The molecule has 0 aliphatic carbocycles. The van der Waals surface area contributed by atoms with Gasteiger partial charge in [0.2, 0.25) is 0 Å². The molecule has 7 nitrogen and oxygen atoms in total. The fraction of sp³-hybridized carbons (Fsp3) is 0.500. The summed E-state index contributed by atoms with van der Waals surface area (Å²) in [5, 5.41) is 7.75. The number of nitrogens with one attached hydrogen (secondary N) is 1. The highest BCUT2D eigenvalue weighted by Crippen LogP contribution is 2.17. The van der Waals surface area contributed by atoms with E-state index in [0.717, 1.165) is 11.0 Å². The lowest BCUT2D eigenvalue weighted by atomic mass is 10.0. The Morgan fingerprint density at radius 3 is 2.48 bits per heavy atom. The minimum atomic E-state index is -0.693. The molecule has 0 radical (unpaired) electrons. The standard InChI is InChI=1S/C16H22N4O3/c1-9(2)13(16(22)23-5)19-15(21)12-6-11-8-18-20(10(3)4)14(11)17-7-12/h6-10,13H,1-5H3,(H,19,21)/t13-/m1/s1. The number of hydrogen-bond acceptors (Lipinski definition) is 5. The first-order valence-corrected chi connectivity index (χ1v) is 7.57. The van der Waals surface area contributed by atoms with Gasteiger partial charge < -0.3 is 10.1 Å². The molecule has 0 aliphatic rings. The SMILES string of the molecule is COC(=O)[C@H](NC(=O)c1cnc2c(cnn2C(C)C)c1)C(C)C. The number of fused-ring (bicyclic) bond motifs is 1. The van der Waals surface area contributed by atoms with Gasteiger partial charge in [-0.05, 0) is 25.8 Å². The predicted molar refractivity (Wildman–Crippen MR) is 86.0 cm³/mol. The number of rotatable bonds is 5. The zero-order chi connectivity index (χ0) is 17.1. The van der Waals surface area contributed by atoms with E-state index in [1.807, 2.05) is 27.7 Å². The Hall–Kier alpha value is -2.44. The van der Waals surface area contributed by atoms with Gasteiger partial charge in [0.05, 0.1) is 18.9 Å². The number of amides is 1. The maximum Gasteiger partial charge on any atom is 0.328 e. The predicted octanol–water partition coefficient (Wildman–Crippen LogP) is 1.94. The summed E-state index contributed by atoms with van der Waals surface area (Å²) in [6.07, 6.45) is 3.17. The van der Waals surface area contributed by atoms with Crippen molar-refractivity contribution in [1.29, 1.82) is 0 Å². The van der Waals surface area contributed by atoms with Crippen molar-refractivity contribution in [3.8, 4) is 0 Å². The van der Waals surface area contributed by atoms with Gasteiger partial charge in [-0.2, -0.15) is 5.10 Å². The monoisotopic (exact) mass is 318 g/mol. The molecule has 2 aromatic heterocycles. The number of pyridine rings is 1. The van der Waals surface area contributed by atoms with Crippen LogP contribution in [0.5, 0.6) is 0 Å². The molecule has 2 heterocycles. The van der Waals surface area contributed by atoms with Crippen LogP contribution in [0.2, 0.25) is 0 Å². The lowest BCUT2D eigenvalue weighted by Gasteiger charge is -2.19. The first-order chi connectivity index (χ1) is 10.8. The Kier molecular flexibility index (Phi) is 4.98. The fourth-order valence-corrected chi connectivity index (χ4v) is 2.29. The molecule has 0 fully saturated rings. The van der Waals surface area contributed by atoms with Crippen LogP contribution in [0, 0.1) is 5.92 Å². The Morgan fingerprint density at radius 1 is 1.22 bits per heavy atom. The van der Waals surface area contributed by atoms with Gasteiger partial charge in [-0.25, -0.2) is 14.5 Å². The third-order valence-electron chi connectivity index (χ3n) is 3.59. The highest BCUT2D eigenvalue weighted by molar-refractivity contribution is 5.98. The topological polar surface area (TPSA) is 86.1 Å². The summed E-state index contributed by atoms with van der Waals surface area (Å²) in [5.74, 6) is -0.900. The molecule has 124 valence electrons. The molecular formula is C16H22N4O3. The second kappa shape index (κ2) is 6.76. The van der Waals surface area contributed by atoms with Gasteiger partial charge in [-0.1, -0.05) is 13.8 Å². The van der Waals surface area contributed by atoms with Crippen LogP contribution in [0.1, 0.15) is 44.1 Å². The number of esters is 1. The smallest absolute Gasteiger partial charge is 0.328 e. The van der Waals surface area contributed by atoms with Gasteiger partial charge in [0.25, 0.3) is 5.91 Å². The molecule has 1 amide bonds. The van der Waals surface area contributed by atoms with Crippen LogP contribution in [0.25, 0.3) is 11.0 Å². The van der Waals surface area contributed by atoms with E-state index in [2.05, 4.69) is 15.4 Å². The van der Waals surface area contributed by atoms with Crippen LogP contribution >= 0.6 is 0 Å². The minimum absolute atomic E-state index is 0.0771. The van der Waals surface area contributed by atoms with E-state index in [0.29, 0.717) is 5.56 Å². The zero-order valence-electron chi connectivity index (χ0n) is 14.0. The van der Waals surface area contributed by atoms with Crippen molar-refractivity contribution in [2.75, 3.05) is 7.11 Å². The lowest BCUT2D eigenvalue weighted by Crippen LogP contribution is -2.45. The summed E-state index contributed by atoms with van der Waals surface area (Å²) in [4.78, 5) is 28.4. The van der Waals surface area contributed by atoms with E-state index in [4.69, 9.17) is 4.74 Å². The molecule has 0 aromatic carbocycles.